The third-order valence-electron chi connectivity index (χ3n) is 2.29. The van der Waals surface area contributed by atoms with Crippen LogP contribution < -0.4 is 0 Å². The lowest BCUT2D eigenvalue weighted by Gasteiger charge is -2.20. The van der Waals surface area contributed by atoms with Crippen LogP contribution in [0, 0.1) is 0 Å². The fraction of sp³-hybridized carbons (Fsp3) is 0.667. The molecule has 1 rings (SSSR count). The van der Waals surface area contributed by atoms with Crippen LogP contribution in [0.4, 0.5) is 4.79 Å². The van der Waals surface area contributed by atoms with Crippen molar-refractivity contribution in [2.75, 3.05) is 6.61 Å². The second-order valence-corrected chi connectivity index (χ2v) is 4.98. The molecule has 0 bridgehead atoms. The van der Waals surface area contributed by atoms with Gasteiger partial charge in [-0.1, -0.05) is 6.08 Å². The molecular formula is C12H19NO4. The summed E-state index contributed by atoms with van der Waals surface area (Å²) in [6, 6.07) is -0.254. The number of carbonyl (C=O) groups excluding carboxylic acids is 2. The number of carbonyl (C=O) groups is 2. The van der Waals surface area contributed by atoms with E-state index < -0.39 is 11.7 Å². The molecule has 0 aliphatic carbocycles. The maximum absolute atomic E-state index is 11.8. The van der Waals surface area contributed by atoms with E-state index in [1.165, 1.54) is 11.8 Å². The SMILES string of the molecule is C=C[C@H]1[C@@H](COC(C)=O)N1C(=O)OC(C)(C)C. The van der Waals surface area contributed by atoms with Gasteiger partial charge in [0.1, 0.15) is 12.2 Å². The number of amides is 1. The van der Waals surface area contributed by atoms with E-state index in [-0.39, 0.29) is 24.7 Å². The van der Waals surface area contributed by atoms with E-state index in [1.54, 1.807) is 26.8 Å². The smallest absolute Gasteiger partial charge is 0.411 e. The summed E-state index contributed by atoms with van der Waals surface area (Å²) >= 11 is 0. The normalized spacial score (nSPS) is 22.9. The predicted molar refractivity (Wildman–Crippen MR) is 62.5 cm³/mol. The number of rotatable bonds is 3. The molecule has 0 aromatic heterocycles. The number of esters is 1. The van der Waals surface area contributed by atoms with Crippen molar-refractivity contribution < 1.29 is 19.1 Å². The molecule has 1 heterocycles. The standard InChI is InChI=1S/C12H19NO4/c1-6-9-10(7-16-8(2)14)13(9)11(15)17-12(3,4)5/h6,9-10H,1,7H2,2-5H3/t9-,10+,13?/m0/s1. The van der Waals surface area contributed by atoms with Gasteiger partial charge in [-0.25, -0.2) is 4.79 Å². The highest BCUT2D eigenvalue weighted by atomic mass is 16.6. The minimum Gasteiger partial charge on any atom is -0.464 e. The van der Waals surface area contributed by atoms with Crippen molar-refractivity contribution in [3.05, 3.63) is 12.7 Å². The van der Waals surface area contributed by atoms with Gasteiger partial charge in [0.15, 0.2) is 0 Å². The van der Waals surface area contributed by atoms with E-state index in [4.69, 9.17) is 9.47 Å². The molecule has 0 N–H and O–H groups in total. The second kappa shape index (κ2) is 4.77. The lowest BCUT2D eigenvalue weighted by Crippen LogP contribution is -2.29. The van der Waals surface area contributed by atoms with Crippen LogP contribution >= 0.6 is 0 Å². The molecular weight excluding hydrogens is 222 g/mol. The monoisotopic (exact) mass is 241 g/mol. The van der Waals surface area contributed by atoms with Crippen LogP contribution in [0.5, 0.6) is 0 Å². The molecule has 0 spiro atoms. The summed E-state index contributed by atoms with van der Waals surface area (Å²) in [6.45, 7) is 10.6. The predicted octanol–water partition coefficient (Wildman–Crippen LogP) is 1.72. The Balaban J connectivity index is 2.51. The molecule has 1 amide bonds. The average molecular weight is 241 g/mol. The van der Waals surface area contributed by atoms with Crippen LogP contribution in [-0.4, -0.2) is 41.3 Å². The molecule has 0 saturated carbocycles. The molecule has 96 valence electrons. The van der Waals surface area contributed by atoms with E-state index in [0.717, 1.165) is 0 Å². The fourth-order valence-corrected chi connectivity index (χ4v) is 1.52. The van der Waals surface area contributed by atoms with Crippen molar-refractivity contribution in [1.82, 2.24) is 4.90 Å². The molecule has 1 aliphatic rings. The second-order valence-electron chi connectivity index (χ2n) is 4.98. The first-order valence-corrected chi connectivity index (χ1v) is 5.53. The Morgan fingerprint density at radius 2 is 2.00 bits per heavy atom. The van der Waals surface area contributed by atoms with Crippen molar-refractivity contribution in [1.29, 1.82) is 0 Å². The van der Waals surface area contributed by atoms with Gasteiger partial charge in [0.05, 0.1) is 12.1 Å². The zero-order chi connectivity index (χ0) is 13.2. The van der Waals surface area contributed by atoms with Crippen molar-refractivity contribution >= 4 is 12.1 Å². The van der Waals surface area contributed by atoms with Gasteiger partial charge in [-0.2, -0.15) is 0 Å². The maximum Gasteiger partial charge on any atom is 0.411 e. The summed E-state index contributed by atoms with van der Waals surface area (Å²) in [4.78, 5) is 24.0. The van der Waals surface area contributed by atoms with Gasteiger partial charge in [-0.05, 0) is 20.8 Å². The molecule has 0 aromatic carbocycles. The summed E-state index contributed by atoms with van der Waals surface area (Å²) in [5.74, 6) is -0.358. The Kier molecular flexibility index (Phi) is 3.80. The third kappa shape index (κ3) is 3.76. The van der Waals surface area contributed by atoms with Crippen LogP contribution in [0.1, 0.15) is 27.7 Å². The van der Waals surface area contributed by atoms with Crippen molar-refractivity contribution in [2.45, 2.75) is 45.4 Å². The molecule has 17 heavy (non-hydrogen) atoms. The highest BCUT2D eigenvalue weighted by Crippen LogP contribution is 2.31. The zero-order valence-corrected chi connectivity index (χ0v) is 10.7. The van der Waals surface area contributed by atoms with E-state index >= 15 is 0 Å². The van der Waals surface area contributed by atoms with Crippen LogP contribution in [0.15, 0.2) is 12.7 Å². The fourth-order valence-electron chi connectivity index (χ4n) is 1.52. The van der Waals surface area contributed by atoms with Gasteiger partial charge >= 0.3 is 12.1 Å². The number of hydrogen-bond donors (Lipinski definition) is 0. The summed E-state index contributed by atoms with van der Waals surface area (Å²) < 4.78 is 10.1. The quantitative estimate of drug-likeness (QED) is 0.429. The van der Waals surface area contributed by atoms with Crippen molar-refractivity contribution in [2.24, 2.45) is 0 Å². The molecule has 0 aromatic rings. The highest BCUT2D eigenvalue weighted by molar-refractivity contribution is 5.73. The number of ether oxygens (including phenoxy) is 2. The molecule has 5 nitrogen and oxygen atoms in total. The Labute approximate surface area is 101 Å². The number of hydrogen-bond acceptors (Lipinski definition) is 4. The summed E-state index contributed by atoms with van der Waals surface area (Å²) in [5.41, 5.74) is -0.530. The number of nitrogens with zero attached hydrogens (tertiary/aromatic N) is 1. The van der Waals surface area contributed by atoms with E-state index in [0.29, 0.717) is 0 Å². The van der Waals surface area contributed by atoms with Crippen LogP contribution in [-0.2, 0) is 14.3 Å². The zero-order valence-electron chi connectivity index (χ0n) is 10.7. The summed E-state index contributed by atoms with van der Waals surface area (Å²) in [5, 5.41) is 0. The van der Waals surface area contributed by atoms with Gasteiger partial charge in [0.2, 0.25) is 0 Å². The highest BCUT2D eigenvalue weighted by Gasteiger charge is 2.51. The summed E-state index contributed by atoms with van der Waals surface area (Å²) in [7, 11) is 0. The molecule has 1 aliphatic heterocycles. The lowest BCUT2D eigenvalue weighted by molar-refractivity contribution is -0.141. The van der Waals surface area contributed by atoms with Crippen LogP contribution in [0.2, 0.25) is 0 Å². The first kappa shape index (κ1) is 13.5. The van der Waals surface area contributed by atoms with Crippen molar-refractivity contribution in [3.8, 4) is 0 Å². The maximum atomic E-state index is 11.8. The van der Waals surface area contributed by atoms with Gasteiger partial charge in [-0.15, -0.1) is 6.58 Å². The van der Waals surface area contributed by atoms with E-state index in [9.17, 15) is 9.59 Å². The van der Waals surface area contributed by atoms with Crippen LogP contribution in [0.3, 0.4) is 0 Å². The molecule has 1 fully saturated rings. The van der Waals surface area contributed by atoms with Gasteiger partial charge in [-0.3, -0.25) is 9.69 Å². The van der Waals surface area contributed by atoms with Gasteiger partial charge in [0, 0.05) is 6.92 Å². The Hall–Kier alpha value is -1.52. The Morgan fingerprint density at radius 1 is 1.41 bits per heavy atom. The minimum atomic E-state index is -0.530. The summed E-state index contributed by atoms with van der Waals surface area (Å²) in [6.07, 6.45) is 1.25. The third-order valence-corrected chi connectivity index (χ3v) is 2.29. The van der Waals surface area contributed by atoms with Gasteiger partial charge < -0.3 is 9.47 Å². The molecule has 0 unspecified atom stereocenters. The molecule has 0 radical (unpaired) electrons. The molecule has 1 saturated heterocycles. The van der Waals surface area contributed by atoms with E-state index in [2.05, 4.69) is 6.58 Å². The lowest BCUT2D eigenvalue weighted by atomic mass is 10.2. The van der Waals surface area contributed by atoms with Gasteiger partial charge in [0.25, 0.3) is 0 Å². The first-order chi connectivity index (χ1) is 7.76. The average Bonchev–Trinajstić information content (AvgIpc) is 2.85. The molecule has 5 heteroatoms. The first-order valence-electron chi connectivity index (χ1n) is 5.53. The minimum absolute atomic E-state index is 0.107. The van der Waals surface area contributed by atoms with Crippen molar-refractivity contribution in [3.63, 3.8) is 0 Å². The van der Waals surface area contributed by atoms with Crippen LogP contribution in [0.25, 0.3) is 0 Å². The topological polar surface area (TPSA) is 55.6 Å². The Morgan fingerprint density at radius 3 is 2.41 bits per heavy atom. The van der Waals surface area contributed by atoms with E-state index in [1.807, 2.05) is 0 Å². The molecule has 2 atom stereocenters. The largest absolute Gasteiger partial charge is 0.464 e. The Bertz CT molecular complexity index is 332.